The molecule has 0 spiro atoms. The predicted octanol–water partition coefficient (Wildman–Crippen LogP) is 6.78. The minimum Gasteiger partial charge on any atom is -0.453 e. The van der Waals surface area contributed by atoms with Crippen LogP contribution < -0.4 is 10.6 Å². The number of H-pyrrole nitrogens is 2. The molecule has 3 aromatic carbocycles. The van der Waals surface area contributed by atoms with Crippen LogP contribution in [0.15, 0.2) is 96.4 Å². The van der Waals surface area contributed by atoms with E-state index in [1.165, 1.54) is 14.2 Å². The van der Waals surface area contributed by atoms with Gasteiger partial charge in [-0.1, -0.05) is 66.7 Å². The van der Waals surface area contributed by atoms with Gasteiger partial charge in [-0.3, -0.25) is 14.6 Å². The summed E-state index contributed by atoms with van der Waals surface area (Å²) in [5.74, 6) is 0.394. The van der Waals surface area contributed by atoms with Gasteiger partial charge in [0.2, 0.25) is 11.8 Å². The van der Waals surface area contributed by atoms with E-state index in [0.717, 1.165) is 81.4 Å². The average molecular weight is 797 g/mol. The Morgan fingerprint density at radius 2 is 1.42 bits per heavy atom. The fourth-order valence-electron chi connectivity index (χ4n) is 8.56. The predicted molar refractivity (Wildman–Crippen MR) is 224 cm³/mol. The number of ether oxygens (including phenoxy) is 2. The van der Waals surface area contributed by atoms with Crippen molar-refractivity contribution >= 4 is 46.2 Å². The number of imidazole rings is 1. The Morgan fingerprint density at radius 3 is 2.14 bits per heavy atom. The molecule has 3 aliphatic rings. The van der Waals surface area contributed by atoms with Crippen LogP contribution in [0.3, 0.4) is 0 Å². The zero-order valence-corrected chi connectivity index (χ0v) is 33.4. The number of fused-ring (bicyclic) bond motifs is 1. The van der Waals surface area contributed by atoms with E-state index >= 15 is 0 Å². The second-order valence-electron chi connectivity index (χ2n) is 15.3. The summed E-state index contributed by atoms with van der Waals surface area (Å²) in [6.45, 7) is 2.86. The lowest BCUT2D eigenvalue weighted by Crippen LogP contribution is -2.50. The van der Waals surface area contributed by atoms with Gasteiger partial charge in [0.15, 0.2) is 0 Å². The third-order valence-electron chi connectivity index (χ3n) is 11.7. The molecule has 8 rings (SSSR count). The van der Waals surface area contributed by atoms with Crippen LogP contribution in [0.2, 0.25) is 0 Å². The molecule has 4 atom stereocenters. The van der Waals surface area contributed by atoms with Gasteiger partial charge in [-0.2, -0.15) is 0 Å². The topological polar surface area (TPSA) is 174 Å². The van der Waals surface area contributed by atoms with Crippen LogP contribution in [-0.2, 0) is 25.5 Å². The fourth-order valence-corrected chi connectivity index (χ4v) is 8.56. The Labute approximate surface area is 342 Å². The van der Waals surface area contributed by atoms with E-state index in [9.17, 15) is 19.2 Å². The number of carbonyl (C=O) groups is 4. The zero-order valence-electron chi connectivity index (χ0n) is 33.4. The first-order valence-corrected chi connectivity index (χ1v) is 20.1. The second-order valence-corrected chi connectivity index (χ2v) is 15.3. The van der Waals surface area contributed by atoms with Crippen LogP contribution in [0.25, 0.3) is 38.9 Å². The minimum absolute atomic E-state index is 0.0919. The molecule has 0 saturated carbocycles. The molecule has 2 aromatic heterocycles. The number of para-hydroxylation sites is 1. The number of nitrogens with one attached hydrogen (secondary N) is 4. The van der Waals surface area contributed by atoms with Crippen LogP contribution >= 0.6 is 0 Å². The lowest BCUT2D eigenvalue weighted by atomic mass is 9.96. The largest absolute Gasteiger partial charge is 0.453 e. The second kappa shape index (κ2) is 17.0. The molecule has 0 radical (unpaired) electrons. The van der Waals surface area contributed by atoms with E-state index in [1.807, 2.05) is 52.7 Å². The monoisotopic (exact) mass is 796 g/mol. The number of alkyl carbamates (subject to hydrolysis) is 2. The smallest absolute Gasteiger partial charge is 0.407 e. The number of aliphatic imine (C=N–C) groups is 1. The average Bonchev–Trinajstić information content (AvgIpc) is 4.13. The third kappa shape index (κ3) is 8.20. The first-order chi connectivity index (χ1) is 28.7. The molecule has 0 bridgehead atoms. The van der Waals surface area contributed by atoms with Gasteiger partial charge in [0.1, 0.15) is 17.9 Å². The molecule has 14 nitrogen and oxygen atoms in total. The van der Waals surface area contributed by atoms with Crippen molar-refractivity contribution in [1.29, 1.82) is 0 Å². The summed E-state index contributed by atoms with van der Waals surface area (Å²) < 4.78 is 9.56. The molecule has 14 heteroatoms. The molecule has 0 unspecified atom stereocenters. The number of methoxy groups -OCH3 is 2. The van der Waals surface area contributed by atoms with Gasteiger partial charge in [-0.05, 0) is 72.1 Å². The Balaban J connectivity index is 0.897. The van der Waals surface area contributed by atoms with Gasteiger partial charge in [0, 0.05) is 54.9 Å². The van der Waals surface area contributed by atoms with Crippen molar-refractivity contribution in [2.75, 3.05) is 27.3 Å². The standard InChI is InChI=1S/C45H48N8O6/c1-27(49-44(56)58-2)42(54)52-20-6-10-39(52)36-22-32(24-47-36)30-14-12-28(13-15-30)29-16-18-31(19-17-29)38-26-48-41(50-38)40-11-7-21-53(40)43(55)37(51-45(57)59-3)23-33-25-46-35-9-5-4-8-34(33)35/h4-5,8-9,12-19,24-27,37,39-40,46H,6-7,10-11,20-23H2,1-3H3,(H,48,50)(H,49,56)(H,51,57)/t27-,37-,39-,40-/m0/s1. The highest BCUT2D eigenvalue weighted by molar-refractivity contribution is 6.04. The quantitative estimate of drug-likeness (QED) is 0.114. The minimum atomic E-state index is -0.813. The van der Waals surface area contributed by atoms with Crippen LogP contribution in [0.5, 0.6) is 0 Å². The van der Waals surface area contributed by atoms with E-state index < -0.39 is 24.3 Å². The van der Waals surface area contributed by atoms with Crippen LogP contribution in [-0.4, -0.2) is 99.9 Å². The van der Waals surface area contributed by atoms with Crippen molar-refractivity contribution in [2.24, 2.45) is 4.99 Å². The number of aromatic amines is 2. The maximum absolute atomic E-state index is 14.1. The summed E-state index contributed by atoms with van der Waals surface area (Å²) in [4.78, 5) is 71.2. The number of likely N-dealkylation sites (tertiary alicyclic amines) is 2. The molecular formula is C45H48N8O6. The van der Waals surface area contributed by atoms with Crippen LogP contribution in [0, 0.1) is 0 Å². The number of hydrogen-bond acceptors (Lipinski definition) is 8. The van der Waals surface area contributed by atoms with Crippen LogP contribution in [0.4, 0.5) is 9.59 Å². The molecule has 59 heavy (non-hydrogen) atoms. The number of rotatable bonds is 11. The van der Waals surface area contributed by atoms with Crippen molar-refractivity contribution in [2.45, 2.75) is 69.6 Å². The summed E-state index contributed by atoms with van der Waals surface area (Å²) in [6, 6.07) is 22.8. The molecule has 3 aliphatic heterocycles. The number of aromatic nitrogens is 3. The summed E-state index contributed by atoms with van der Waals surface area (Å²) in [5, 5.41) is 6.37. The Hall–Kier alpha value is -6.70. The molecule has 2 fully saturated rings. The molecule has 304 valence electrons. The molecule has 5 aromatic rings. The molecule has 2 saturated heterocycles. The molecular weight excluding hydrogens is 749 g/mol. The Morgan fingerprint density at radius 1 is 0.797 bits per heavy atom. The third-order valence-corrected chi connectivity index (χ3v) is 11.7. The van der Waals surface area contributed by atoms with E-state index in [-0.39, 0.29) is 23.9 Å². The SMILES string of the molecule is COC(=O)N[C@@H](C)C(=O)N1CCC[C@H]1C1=NC=C(c2ccc(-c3ccc(-c4cnc([C@@H]5CCCN5C(=O)[C@H](Cc5c[nH]c6ccccc56)NC(=O)OC)[nH]4)cc3)cc2)C1. The summed E-state index contributed by atoms with van der Waals surface area (Å²) in [6.07, 6.45) is 8.59. The molecule has 4 amide bonds. The number of carbonyl (C=O) groups excluding carboxylic acids is 4. The van der Waals surface area contributed by atoms with Crippen LogP contribution in [0.1, 0.15) is 62.0 Å². The van der Waals surface area contributed by atoms with Gasteiger partial charge < -0.3 is 39.9 Å². The maximum atomic E-state index is 14.1. The van der Waals surface area contributed by atoms with E-state index in [0.29, 0.717) is 31.8 Å². The lowest BCUT2D eigenvalue weighted by molar-refractivity contribution is -0.134. The van der Waals surface area contributed by atoms with E-state index in [4.69, 9.17) is 14.7 Å². The van der Waals surface area contributed by atoms with Crippen molar-refractivity contribution < 1.29 is 28.7 Å². The number of hydrogen-bond donors (Lipinski definition) is 4. The zero-order chi connectivity index (χ0) is 41.0. The normalized spacial score (nSPS) is 18.6. The first kappa shape index (κ1) is 39.1. The van der Waals surface area contributed by atoms with Gasteiger partial charge in [0.05, 0.1) is 38.2 Å². The van der Waals surface area contributed by atoms with Gasteiger partial charge in [-0.15, -0.1) is 0 Å². The van der Waals surface area contributed by atoms with Crippen molar-refractivity contribution in [3.05, 3.63) is 108 Å². The van der Waals surface area contributed by atoms with E-state index in [2.05, 4.69) is 73.9 Å². The van der Waals surface area contributed by atoms with E-state index in [1.54, 1.807) is 6.92 Å². The number of benzene rings is 3. The number of nitrogens with zero attached hydrogens (tertiary/aromatic N) is 4. The highest BCUT2D eigenvalue weighted by atomic mass is 16.5. The summed E-state index contributed by atoms with van der Waals surface area (Å²) in [5.41, 5.74) is 9.02. The molecule has 4 N–H and O–H groups in total. The van der Waals surface area contributed by atoms with Crippen molar-refractivity contribution in [3.8, 4) is 22.4 Å². The molecule has 0 aliphatic carbocycles. The summed E-state index contributed by atoms with van der Waals surface area (Å²) >= 11 is 0. The fraction of sp³-hybridized carbons (Fsp3) is 0.333. The summed E-state index contributed by atoms with van der Waals surface area (Å²) in [7, 11) is 2.58. The van der Waals surface area contributed by atoms with Crippen molar-refractivity contribution in [3.63, 3.8) is 0 Å². The number of allylic oxidation sites excluding steroid dienone is 1. The van der Waals surface area contributed by atoms with Gasteiger partial charge in [-0.25, -0.2) is 14.6 Å². The Bertz CT molecular complexity index is 2420. The Kier molecular flexibility index (Phi) is 11.3. The molecule has 5 heterocycles. The van der Waals surface area contributed by atoms with Gasteiger partial charge >= 0.3 is 12.2 Å². The lowest BCUT2D eigenvalue weighted by Gasteiger charge is -2.28. The highest BCUT2D eigenvalue weighted by Gasteiger charge is 2.38. The maximum Gasteiger partial charge on any atom is 0.407 e. The van der Waals surface area contributed by atoms with Gasteiger partial charge in [0.25, 0.3) is 0 Å². The first-order valence-electron chi connectivity index (χ1n) is 20.1. The number of amides is 4. The van der Waals surface area contributed by atoms with Crippen molar-refractivity contribution in [1.82, 2.24) is 35.4 Å². The highest BCUT2D eigenvalue weighted by Crippen LogP contribution is 2.35.